The highest BCUT2D eigenvalue weighted by atomic mass is 16.2. The zero-order valence-electron chi connectivity index (χ0n) is 12.9. The van der Waals surface area contributed by atoms with Crippen molar-refractivity contribution in [1.82, 2.24) is 10.2 Å². The van der Waals surface area contributed by atoms with Gasteiger partial charge in [-0.2, -0.15) is 0 Å². The van der Waals surface area contributed by atoms with Gasteiger partial charge < -0.3 is 10.2 Å². The van der Waals surface area contributed by atoms with Crippen LogP contribution in [0.5, 0.6) is 0 Å². The third-order valence-electron chi connectivity index (χ3n) is 5.74. The van der Waals surface area contributed by atoms with Crippen molar-refractivity contribution < 1.29 is 9.59 Å². The minimum Gasteiger partial charge on any atom is -0.340 e. The fraction of sp³-hybridized carbons (Fsp3) is 0.875. The standard InChI is InChI=1S/C16H26N2O2/c1-4-16(5-2)14(20)18(10-11-6-7-11)15(3,12-8-9-12)13(19)17-16/h11-12H,4-10H2,1-3H3,(H,17,19). The van der Waals surface area contributed by atoms with Gasteiger partial charge in [0.05, 0.1) is 0 Å². The Balaban J connectivity index is 1.96. The van der Waals surface area contributed by atoms with E-state index in [0.29, 0.717) is 24.7 Å². The minimum absolute atomic E-state index is 0.0731. The summed E-state index contributed by atoms with van der Waals surface area (Å²) in [4.78, 5) is 27.8. The highest BCUT2D eigenvalue weighted by Crippen LogP contribution is 2.47. The molecule has 4 nitrogen and oxygen atoms in total. The van der Waals surface area contributed by atoms with E-state index in [1.54, 1.807) is 0 Å². The highest BCUT2D eigenvalue weighted by Gasteiger charge is 2.60. The van der Waals surface area contributed by atoms with Crippen molar-refractivity contribution in [1.29, 1.82) is 0 Å². The Bertz CT molecular complexity index is 436. The number of nitrogens with one attached hydrogen (secondary N) is 1. The van der Waals surface area contributed by atoms with Crippen LogP contribution < -0.4 is 5.32 Å². The molecule has 1 saturated heterocycles. The molecule has 0 bridgehead atoms. The van der Waals surface area contributed by atoms with Crippen molar-refractivity contribution in [2.24, 2.45) is 11.8 Å². The SMILES string of the molecule is CCC1(CC)NC(=O)C(C)(C2CC2)N(CC2CC2)C1=O. The molecule has 0 aromatic rings. The van der Waals surface area contributed by atoms with E-state index in [-0.39, 0.29) is 11.8 Å². The summed E-state index contributed by atoms with van der Waals surface area (Å²) in [6.07, 6.45) is 5.91. The van der Waals surface area contributed by atoms with Crippen LogP contribution in [0.1, 0.15) is 59.3 Å². The van der Waals surface area contributed by atoms with Crippen molar-refractivity contribution in [3.05, 3.63) is 0 Å². The van der Waals surface area contributed by atoms with Crippen LogP contribution in [0, 0.1) is 11.8 Å². The van der Waals surface area contributed by atoms with Gasteiger partial charge in [0, 0.05) is 6.54 Å². The molecule has 3 rings (SSSR count). The quantitative estimate of drug-likeness (QED) is 0.837. The van der Waals surface area contributed by atoms with Crippen molar-refractivity contribution in [3.63, 3.8) is 0 Å². The smallest absolute Gasteiger partial charge is 0.249 e. The average molecular weight is 278 g/mol. The number of nitrogens with zero attached hydrogens (tertiary/aromatic N) is 1. The molecule has 2 aliphatic carbocycles. The van der Waals surface area contributed by atoms with Crippen molar-refractivity contribution in [2.75, 3.05) is 6.54 Å². The lowest BCUT2D eigenvalue weighted by Crippen LogP contribution is -2.75. The van der Waals surface area contributed by atoms with E-state index < -0.39 is 11.1 Å². The van der Waals surface area contributed by atoms with E-state index in [1.807, 2.05) is 25.7 Å². The van der Waals surface area contributed by atoms with Gasteiger partial charge in [0.1, 0.15) is 11.1 Å². The van der Waals surface area contributed by atoms with E-state index >= 15 is 0 Å². The second-order valence-electron chi connectivity index (χ2n) is 7.02. The molecule has 1 unspecified atom stereocenters. The van der Waals surface area contributed by atoms with Gasteiger partial charge >= 0.3 is 0 Å². The Kier molecular flexibility index (Phi) is 3.11. The molecule has 3 fully saturated rings. The van der Waals surface area contributed by atoms with Gasteiger partial charge in [0.25, 0.3) is 0 Å². The molecule has 2 saturated carbocycles. The molecule has 0 radical (unpaired) electrons. The summed E-state index contributed by atoms with van der Waals surface area (Å²) < 4.78 is 0. The number of amides is 2. The Morgan fingerprint density at radius 1 is 1.15 bits per heavy atom. The predicted octanol–water partition coefficient (Wildman–Crippen LogP) is 2.08. The maximum atomic E-state index is 13.1. The zero-order valence-corrected chi connectivity index (χ0v) is 12.9. The van der Waals surface area contributed by atoms with Crippen molar-refractivity contribution >= 4 is 11.8 Å². The summed E-state index contributed by atoms with van der Waals surface area (Å²) >= 11 is 0. The topological polar surface area (TPSA) is 49.4 Å². The van der Waals surface area contributed by atoms with Gasteiger partial charge in [-0.15, -0.1) is 0 Å². The highest BCUT2D eigenvalue weighted by molar-refractivity contribution is 6.02. The second-order valence-corrected chi connectivity index (χ2v) is 7.02. The summed E-state index contributed by atoms with van der Waals surface area (Å²) in [7, 11) is 0. The molecule has 112 valence electrons. The van der Waals surface area contributed by atoms with Crippen LogP contribution in [-0.4, -0.2) is 34.3 Å². The van der Waals surface area contributed by atoms with E-state index in [9.17, 15) is 9.59 Å². The monoisotopic (exact) mass is 278 g/mol. The first-order valence-corrected chi connectivity index (χ1v) is 8.12. The van der Waals surface area contributed by atoms with Gasteiger partial charge in [-0.05, 0) is 57.3 Å². The molecule has 1 atom stereocenters. The minimum atomic E-state index is -0.666. The number of hydrogen-bond donors (Lipinski definition) is 1. The normalized spacial score (nSPS) is 33.2. The average Bonchev–Trinajstić information content (AvgIpc) is 3.30. The number of carbonyl (C=O) groups excluding carboxylic acids is 2. The molecular weight excluding hydrogens is 252 g/mol. The van der Waals surface area contributed by atoms with Crippen LogP contribution in [0.3, 0.4) is 0 Å². The number of hydrogen-bond acceptors (Lipinski definition) is 2. The Morgan fingerprint density at radius 3 is 2.20 bits per heavy atom. The molecule has 20 heavy (non-hydrogen) atoms. The summed E-state index contributed by atoms with van der Waals surface area (Å²) in [5, 5.41) is 3.08. The predicted molar refractivity (Wildman–Crippen MR) is 77.0 cm³/mol. The molecule has 1 N–H and O–H groups in total. The van der Waals surface area contributed by atoms with Crippen molar-refractivity contribution in [3.8, 4) is 0 Å². The molecule has 2 amide bonds. The van der Waals surface area contributed by atoms with E-state index in [4.69, 9.17) is 0 Å². The molecule has 1 heterocycles. The molecule has 0 aromatic carbocycles. The van der Waals surface area contributed by atoms with Crippen LogP contribution in [0.25, 0.3) is 0 Å². The summed E-state index contributed by atoms with van der Waals surface area (Å²) in [5.41, 5.74) is -1.27. The fourth-order valence-corrected chi connectivity index (χ4v) is 3.60. The fourth-order valence-electron chi connectivity index (χ4n) is 3.60. The van der Waals surface area contributed by atoms with Gasteiger partial charge in [-0.25, -0.2) is 0 Å². The Morgan fingerprint density at radius 2 is 1.75 bits per heavy atom. The first-order valence-electron chi connectivity index (χ1n) is 8.12. The van der Waals surface area contributed by atoms with E-state index in [0.717, 1.165) is 19.4 Å². The van der Waals surface area contributed by atoms with Gasteiger partial charge in [0.15, 0.2) is 0 Å². The number of rotatable bonds is 5. The summed E-state index contributed by atoms with van der Waals surface area (Å²) in [6, 6.07) is 0. The van der Waals surface area contributed by atoms with Crippen LogP contribution in [0.2, 0.25) is 0 Å². The maximum absolute atomic E-state index is 13.1. The van der Waals surface area contributed by atoms with Crippen LogP contribution in [-0.2, 0) is 9.59 Å². The third kappa shape index (κ3) is 1.87. The van der Waals surface area contributed by atoms with Gasteiger partial charge in [-0.1, -0.05) is 13.8 Å². The Hall–Kier alpha value is -1.06. The maximum Gasteiger partial charge on any atom is 0.249 e. The molecule has 4 heteroatoms. The van der Waals surface area contributed by atoms with Crippen LogP contribution >= 0.6 is 0 Å². The molecule has 3 aliphatic rings. The number of carbonyl (C=O) groups is 2. The van der Waals surface area contributed by atoms with Crippen LogP contribution in [0.4, 0.5) is 0 Å². The summed E-state index contributed by atoms with van der Waals surface area (Å²) in [5.74, 6) is 1.21. The largest absolute Gasteiger partial charge is 0.340 e. The first-order chi connectivity index (χ1) is 9.48. The van der Waals surface area contributed by atoms with E-state index in [2.05, 4.69) is 5.32 Å². The zero-order chi connectivity index (χ0) is 14.5. The lowest BCUT2D eigenvalue weighted by atomic mass is 9.80. The number of piperazine rings is 1. The molecule has 0 aromatic heterocycles. The Labute approximate surface area is 121 Å². The molecule has 1 aliphatic heterocycles. The lowest BCUT2D eigenvalue weighted by Gasteiger charge is -2.51. The third-order valence-corrected chi connectivity index (χ3v) is 5.74. The van der Waals surface area contributed by atoms with Gasteiger partial charge in [0.2, 0.25) is 11.8 Å². The summed E-state index contributed by atoms with van der Waals surface area (Å²) in [6.45, 7) is 6.75. The molecular formula is C16H26N2O2. The van der Waals surface area contributed by atoms with E-state index in [1.165, 1.54) is 12.8 Å². The van der Waals surface area contributed by atoms with Gasteiger partial charge in [-0.3, -0.25) is 9.59 Å². The van der Waals surface area contributed by atoms with Crippen LogP contribution in [0.15, 0.2) is 0 Å². The van der Waals surface area contributed by atoms with Crippen molar-refractivity contribution in [2.45, 2.75) is 70.4 Å². The molecule has 0 spiro atoms. The lowest BCUT2D eigenvalue weighted by molar-refractivity contribution is -0.164. The second kappa shape index (κ2) is 4.47. The first kappa shape index (κ1) is 13.9.